The molecule has 1 heteroatoms. The van der Waals surface area contributed by atoms with E-state index in [2.05, 4.69) is 18.2 Å². The molecule has 0 bridgehead atoms. The minimum Gasteiger partial charge on any atom is -0.373 e. The molecule has 1 saturated heterocycles. The van der Waals surface area contributed by atoms with E-state index >= 15 is 0 Å². The lowest BCUT2D eigenvalue weighted by atomic mass is 10.1. The van der Waals surface area contributed by atoms with Crippen LogP contribution in [0.15, 0.2) is 24.3 Å². The Labute approximate surface area is 67.0 Å². The molecule has 1 aliphatic heterocycles. The first-order chi connectivity index (χ1) is 5.45. The zero-order valence-electron chi connectivity index (χ0n) is 6.42. The molecule has 0 N–H and O–H groups in total. The van der Waals surface area contributed by atoms with E-state index in [-0.39, 0.29) is 0 Å². The summed E-state index contributed by atoms with van der Waals surface area (Å²) < 4.78 is 5.12. The van der Waals surface area contributed by atoms with Crippen LogP contribution in [0.5, 0.6) is 0 Å². The zero-order valence-corrected chi connectivity index (χ0v) is 6.42. The molecule has 0 saturated carbocycles. The lowest BCUT2D eigenvalue weighted by Crippen LogP contribution is -1.90. The average molecular weight is 147 g/mol. The van der Waals surface area contributed by atoms with E-state index in [9.17, 15) is 0 Å². The standard InChI is InChI=1S/C10H11O/c1-2-4-9(5-3-1)6-7-10-8-11-10/h1-4,10H,6-8H2. The molecule has 0 aromatic heterocycles. The molecule has 0 aliphatic carbocycles. The van der Waals surface area contributed by atoms with Crippen molar-refractivity contribution in [1.29, 1.82) is 0 Å². The van der Waals surface area contributed by atoms with Crippen molar-refractivity contribution in [1.82, 2.24) is 0 Å². The summed E-state index contributed by atoms with van der Waals surface area (Å²) in [6.07, 6.45) is 2.80. The van der Waals surface area contributed by atoms with Crippen molar-refractivity contribution in [3.63, 3.8) is 0 Å². The van der Waals surface area contributed by atoms with Crippen LogP contribution in [0.2, 0.25) is 0 Å². The molecule has 57 valence electrons. The van der Waals surface area contributed by atoms with Gasteiger partial charge in [-0.15, -0.1) is 0 Å². The molecule has 0 spiro atoms. The van der Waals surface area contributed by atoms with Crippen LogP contribution >= 0.6 is 0 Å². The van der Waals surface area contributed by atoms with Gasteiger partial charge in [0.1, 0.15) is 0 Å². The van der Waals surface area contributed by atoms with Gasteiger partial charge >= 0.3 is 0 Å². The predicted molar refractivity (Wildman–Crippen MR) is 43.3 cm³/mol. The van der Waals surface area contributed by atoms with Crippen LogP contribution in [0.1, 0.15) is 12.0 Å². The van der Waals surface area contributed by atoms with Gasteiger partial charge in [-0.1, -0.05) is 24.3 Å². The Balaban J connectivity index is 1.85. The van der Waals surface area contributed by atoms with E-state index in [1.165, 1.54) is 5.56 Å². The number of aryl methyl sites for hydroxylation is 1. The highest BCUT2D eigenvalue weighted by atomic mass is 16.6. The second-order valence-electron chi connectivity index (χ2n) is 2.88. The van der Waals surface area contributed by atoms with E-state index in [4.69, 9.17) is 4.74 Å². The van der Waals surface area contributed by atoms with E-state index in [0.717, 1.165) is 19.4 Å². The van der Waals surface area contributed by atoms with Gasteiger partial charge in [-0.2, -0.15) is 0 Å². The fourth-order valence-corrected chi connectivity index (χ4v) is 1.14. The second-order valence-corrected chi connectivity index (χ2v) is 2.88. The summed E-state index contributed by atoms with van der Waals surface area (Å²) in [7, 11) is 0. The summed E-state index contributed by atoms with van der Waals surface area (Å²) >= 11 is 0. The van der Waals surface area contributed by atoms with Crippen molar-refractivity contribution >= 4 is 0 Å². The van der Waals surface area contributed by atoms with Gasteiger partial charge in [0.05, 0.1) is 12.7 Å². The van der Waals surface area contributed by atoms with Gasteiger partial charge in [0.15, 0.2) is 0 Å². The number of ether oxygens (including phenoxy) is 1. The summed E-state index contributed by atoms with van der Waals surface area (Å²) in [6, 6.07) is 11.3. The molecule has 1 unspecified atom stereocenters. The zero-order chi connectivity index (χ0) is 7.52. The lowest BCUT2D eigenvalue weighted by Gasteiger charge is -1.95. The molecule has 2 rings (SSSR count). The monoisotopic (exact) mass is 147 g/mol. The van der Waals surface area contributed by atoms with E-state index in [1.54, 1.807) is 0 Å². The average Bonchev–Trinajstić information content (AvgIpc) is 2.86. The molecule has 1 aromatic carbocycles. The number of rotatable bonds is 3. The largest absolute Gasteiger partial charge is 0.373 e. The summed E-state index contributed by atoms with van der Waals surface area (Å²) in [5, 5.41) is 0. The molecule has 1 aromatic rings. The minimum atomic E-state index is 0.545. The Morgan fingerprint density at radius 3 is 3.09 bits per heavy atom. The Hall–Kier alpha value is -0.820. The van der Waals surface area contributed by atoms with Crippen molar-refractivity contribution < 1.29 is 4.74 Å². The number of epoxide rings is 1. The Kier molecular flexibility index (Phi) is 1.91. The van der Waals surface area contributed by atoms with Crippen LogP contribution in [0.25, 0.3) is 0 Å². The third kappa shape index (κ3) is 2.05. The first kappa shape index (κ1) is 6.86. The van der Waals surface area contributed by atoms with Gasteiger partial charge in [0, 0.05) is 0 Å². The molecule has 1 atom stereocenters. The van der Waals surface area contributed by atoms with Crippen LogP contribution in [0.3, 0.4) is 0 Å². The summed E-state index contributed by atoms with van der Waals surface area (Å²) in [6.45, 7) is 0.965. The molecule has 1 fully saturated rings. The summed E-state index contributed by atoms with van der Waals surface area (Å²) in [5.74, 6) is 0. The minimum absolute atomic E-state index is 0.545. The highest BCUT2D eigenvalue weighted by Gasteiger charge is 2.21. The van der Waals surface area contributed by atoms with Gasteiger partial charge in [0.2, 0.25) is 0 Å². The Morgan fingerprint density at radius 2 is 2.45 bits per heavy atom. The van der Waals surface area contributed by atoms with Crippen molar-refractivity contribution in [2.24, 2.45) is 0 Å². The van der Waals surface area contributed by atoms with Crippen LogP contribution < -0.4 is 0 Å². The maximum Gasteiger partial charge on any atom is 0.0813 e. The van der Waals surface area contributed by atoms with Gasteiger partial charge in [0.25, 0.3) is 0 Å². The quantitative estimate of drug-likeness (QED) is 0.594. The summed E-state index contributed by atoms with van der Waals surface area (Å²) in [5.41, 5.74) is 1.29. The van der Waals surface area contributed by atoms with Crippen molar-refractivity contribution in [2.45, 2.75) is 18.9 Å². The van der Waals surface area contributed by atoms with Crippen molar-refractivity contribution in [3.05, 3.63) is 35.9 Å². The van der Waals surface area contributed by atoms with Gasteiger partial charge in [-0.05, 0) is 24.5 Å². The van der Waals surface area contributed by atoms with E-state index in [0.29, 0.717) is 6.10 Å². The first-order valence-corrected chi connectivity index (χ1v) is 4.02. The molecule has 1 nitrogen and oxygen atoms in total. The van der Waals surface area contributed by atoms with Gasteiger partial charge in [-0.25, -0.2) is 0 Å². The highest BCUT2D eigenvalue weighted by molar-refractivity contribution is 5.13. The topological polar surface area (TPSA) is 12.5 Å². The van der Waals surface area contributed by atoms with Crippen LogP contribution in [0, 0.1) is 6.07 Å². The second kappa shape index (κ2) is 3.05. The summed E-state index contributed by atoms with van der Waals surface area (Å²) in [4.78, 5) is 0. The highest BCUT2D eigenvalue weighted by Crippen LogP contribution is 2.16. The maximum atomic E-state index is 5.12. The molecular weight excluding hydrogens is 136 g/mol. The van der Waals surface area contributed by atoms with Gasteiger partial charge < -0.3 is 4.74 Å². The fraction of sp³-hybridized carbons (Fsp3) is 0.400. The number of benzene rings is 1. The third-order valence-electron chi connectivity index (χ3n) is 1.91. The normalized spacial score (nSPS) is 21.6. The third-order valence-corrected chi connectivity index (χ3v) is 1.91. The SMILES string of the molecule is [c]1ccccc1CCC1CO1. The van der Waals surface area contributed by atoms with Crippen LogP contribution in [-0.4, -0.2) is 12.7 Å². The van der Waals surface area contributed by atoms with Crippen molar-refractivity contribution in [3.8, 4) is 0 Å². The molecule has 11 heavy (non-hydrogen) atoms. The smallest absolute Gasteiger partial charge is 0.0813 e. The first-order valence-electron chi connectivity index (χ1n) is 4.02. The molecular formula is C10H11O. The number of hydrogen-bond donors (Lipinski definition) is 0. The lowest BCUT2D eigenvalue weighted by molar-refractivity contribution is 0.397. The number of hydrogen-bond acceptors (Lipinski definition) is 1. The molecule has 1 aliphatic rings. The molecule has 1 radical (unpaired) electrons. The fourth-order valence-electron chi connectivity index (χ4n) is 1.14. The molecule has 1 heterocycles. The van der Waals surface area contributed by atoms with Crippen molar-refractivity contribution in [2.75, 3.05) is 6.61 Å². The molecule has 0 amide bonds. The van der Waals surface area contributed by atoms with E-state index in [1.807, 2.05) is 12.1 Å². The van der Waals surface area contributed by atoms with Crippen LogP contribution in [0.4, 0.5) is 0 Å². The Morgan fingerprint density at radius 1 is 1.55 bits per heavy atom. The predicted octanol–water partition coefficient (Wildman–Crippen LogP) is 1.82. The maximum absolute atomic E-state index is 5.12. The van der Waals surface area contributed by atoms with E-state index < -0.39 is 0 Å². The Bertz CT molecular complexity index is 214. The van der Waals surface area contributed by atoms with Crippen LogP contribution in [-0.2, 0) is 11.2 Å². The van der Waals surface area contributed by atoms with Gasteiger partial charge in [-0.3, -0.25) is 0 Å².